The summed E-state index contributed by atoms with van der Waals surface area (Å²) in [5.41, 5.74) is 2.85. The number of hydrogen-bond acceptors (Lipinski definition) is 4. The van der Waals surface area contributed by atoms with Crippen LogP contribution in [0.15, 0.2) is 60.2 Å². The predicted molar refractivity (Wildman–Crippen MR) is 145 cm³/mol. The van der Waals surface area contributed by atoms with Crippen LogP contribution in [0.5, 0.6) is 0 Å². The molecule has 0 atom stereocenters. The molecule has 1 fully saturated rings. The predicted octanol–water partition coefficient (Wildman–Crippen LogP) is 6.04. The molecule has 5 nitrogen and oxygen atoms in total. The van der Waals surface area contributed by atoms with Gasteiger partial charge in [-0.15, -0.1) is 0 Å². The largest absolute Gasteiger partial charge is 0.362 e. The molecule has 5 heteroatoms. The molecule has 35 heavy (non-hydrogen) atoms. The number of anilines is 1. The molecule has 0 aliphatic heterocycles. The molecule has 0 saturated heterocycles. The smallest absolute Gasteiger partial charge is 0.246 e. The number of aromatic nitrogens is 2. The van der Waals surface area contributed by atoms with Gasteiger partial charge < -0.3 is 10.2 Å². The van der Waals surface area contributed by atoms with Gasteiger partial charge in [-0.2, -0.15) is 0 Å². The lowest BCUT2D eigenvalue weighted by molar-refractivity contribution is -0.117. The van der Waals surface area contributed by atoms with Crippen molar-refractivity contribution in [3.05, 3.63) is 71.6 Å². The lowest BCUT2D eigenvalue weighted by Gasteiger charge is -2.28. The van der Waals surface area contributed by atoms with Gasteiger partial charge in [-0.1, -0.05) is 61.7 Å². The number of carbonyl (C=O) groups is 1. The van der Waals surface area contributed by atoms with E-state index in [-0.39, 0.29) is 5.91 Å². The number of aryl methyl sites for hydroxylation is 1. The van der Waals surface area contributed by atoms with Crippen molar-refractivity contribution < 1.29 is 4.79 Å². The SMILES string of the molecule is C/C(=C\c1ccccc1)C(=O)NCC1CCC(CCCc2nc(N(C)C)c3ccccc3n2)CC1. The molecular formula is C30H38N4O. The fraction of sp³-hybridized carbons (Fsp3) is 0.433. The Hall–Kier alpha value is -3.21. The number of fused-ring (bicyclic) bond motifs is 1. The number of para-hydroxylation sites is 1. The van der Waals surface area contributed by atoms with Gasteiger partial charge in [0.25, 0.3) is 0 Å². The van der Waals surface area contributed by atoms with Gasteiger partial charge in [0.15, 0.2) is 0 Å². The highest BCUT2D eigenvalue weighted by Gasteiger charge is 2.21. The average Bonchev–Trinajstić information content (AvgIpc) is 2.88. The number of benzene rings is 2. The van der Waals surface area contributed by atoms with E-state index in [1.807, 2.05) is 69.6 Å². The van der Waals surface area contributed by atoms with E-state index in [4.69, 9.17) is 9.97 Å². The van der Waals surface area contributed by atoms with Gasteiger partial charge in [-0.25, -0.2) is 9.97 Å². The molecule has 1 N–H and O–H groups in total. The summed E-state index contributed by atoms with van der Waals surface area (Å²) in [5.74, 6) is 3.36. The lowest BCUT2D eigenvalue weighted by atomic mass is 9.80. The van der Waals surface area contributed by atoms with Gasteiger partial charge in [0.1, 0.15) is 11.6 Å². The first kappa shape index (κ1) is 24.9. The van der Waals surface area contributed by atoms with E-state index < -0.39 is 0 Å². The average molecular weight is 471 g/mol. The Morgan fingerprint density at radius 2 is 1.66 bits per heavy atom. The maximum Gasteiger partial charge on any atom is 0.246 e. The van der Waals surface area contributed by atoms with Gasteiger partial charge in [0.2, 0.25) is 5.91 Å². The minimum atomic E-state index is 0.0449. The highest BCUT2D eigenvalue weighted by Crippen LogP contribution is 2.32. The fourth-order valence-electron chi connectivity index (χ4n) is 5.07. The molecule has 184 valence electrons. The highest BCUT2D eigenvalue weighted by molar-refractivity contribution is 5.97. The first-order valence-corrected chi connectivity index (χ1v) is 12.9. The summed E-state index contributed by atoms with van der Waals surface area (Å²) >= 11 is 0. The molecule has 2 aromatic carbocycles. The number of amides is 1. The lowest BCUT2D eigenvalue weighted by Crippen LogP contribution is -2.31. The Balaban J connectivity index is 1.20. The normalized spacial score (nSPS) is 18.4. The molecule has 1 aliphatic rings. The van der Waals surface area contributed by atoms with Crippen molar-refractivity contribution in [1.29, 1.82) is 0 Å². The third-order valence-electron chi connectivity index (χ3n) is 7.12. The quantitative estimate of drug-likeness (QED) is 0.387. The van der Waals surface area contributed by atoms with E-state index >= 15 is 0 Å². The topological polar surface area (TPSA) is 58.1 Å². The van der Waals surface area contributed by atoms with Crippen LogP contribution in [0.1, 0.15) is 56.8 Å². The molecule has 0 bridgehead atoms. The zero-order valence-corrected chi connectivity index (χ0v) is 21.3. The summed E-state index contributed by atoms with van der Waals surface area (Å²) in [4.78, 5) is 24.2. The molecule has 0 radical (unpaired) electrons. The van der Waals surface area contributed by atoms with Crippen molar-refractivity contribution in [2.45, 2.75) is 51.9 Å². The fourth-order valence-corrected chi connectivity index (χ4v) is 5.07. The van der Waals surface area contributed by atoms with E-state index in [0.717, 1.165) is 59.0 Å². The van der Waals surface area contributed by atoms with Crippen LogP contribution in [-0.4, -0.2) is 36.5 Å². The standard InChI is InChI=1S/C30H38N4O/c1-22(20-24-10-5-4-6-11-24)30(35)31-21-25-18-16-23(17-19-25)12-9-15-28-32-27-14-8-7-13-26(27)29(33-28)34(2)3/h4-8,10-11,13-14,20,23,25H,9,12,15-19,21H2,1-3H3,(H,31,35)/b22-20+. The number of carbonyl (C=O) groups excluding carboxylic acids is 1. The third-order valence-corrected chi connectivity index (χ3v) is 7.12. The second-order valence-electron chi connectivity index (χ2n) is 10.1. The molecule has 1 heterocycles. The van der Waals surface area contributed by atoms with E-state index in [0.29, 0.717) is 5.92 Å². The number of rotatable bonds is 9. The van der Waals surface area contributed by atoms with Gasteiger partial charge in [0.05, 0.1) is 5.52 Å². The van der Waals surface area contributed by atoms with Crippen molar-refractivity contribution in [2.24, 2.45) is 11.8 Å². The summed E-state index contributed by atoms with van der Waals surface area (Å²) in [6.45, 7) is 2.67. The summed E-state index contributed by atoms with van der Waals surface area (Å²) in [6.07, 6.45) is 10.1. The van der Waals surface area contributed by atoms with E-state index in [1.54, 1.807) is 0 Å². The molecular weight excluding hydrogens is 432 g/mol. The van der Waals surface area contributed by atoms with Crippen molar-refractivity contribution in [3.8, 4) is 0 Å². The Labute approximate surface area is 209 Å². The Morgan fingerprint density at radius 1 is 0.971 bits per heavy atom. The highest BCUT2D eigenvalue weighted by atomic mass is 16.1. The molecule has 0 spiro atoms. The molecule has 0 unspecified atom stereocenters. The maximum absolute atomic E-state index is 12.5. The van der Waals surface area contributed by atoms with Crippen LogP contribution in [0.2, 0.25) is 0 Å². The van der Waals surface area contributed by atoms with Gasteiger partial charge >= 0.3 is 0 Å². The van der Waals surface area contributed by atoms with Gasteiger partial charge in [0, 0.05) is 38.0 Å². The van der Waals surface area contributed by atoms with E-state index in [1.165, 1.54) is 32.1 Å². The second kappa shape index (κ2) is 12.0. The second-order valence-corrected chi connectivity index (χ2v) is 10.1. The summed E-state index contributed by atoms with van der Waals surface area (Å²) in [7, 11) is 4.08. The van der Waals surface area contributed by atoms with Crippen LogP contribution in [0.3, 0.4) is 0 Å². The Bertz CT molecular complexity index is 1150. The Kier molecular flexibility index (Phi) is 8.51. The third kappa shape index (κ3) is 6.91. The van der Waals surface area contributed by atoms with E-state index in [9.17, 15) is 4.79 Å². The van der Waals surface area contributed by atoms with Crippen molar-refractivity contribution in [2.75, 3.05) is 25.5 Å². The van der Waals surface area contributed by atoms with Crippen LogP contribution in [0.25, 0.3) is 17.0 Å². The maximum atomic E-state index is 12.5. The monoisotopic (exact) mass is 470 g/mol. The molecule has 4 rings (SSSR count). The Morgan fingerprint density at radius 3 is 2.40 bits per heavy atom. The van der Waals surface area contributed by atoms with Crippen LogP contribution < -0.4 is 10.2 Å². The van der Waals surface area contributed by atoms with E-state index in [2.05, 4.69) is 22.3 Å². The van der Waals surface area contributed by atoms with Crippen LogP contribution in [0, 0.1) is 11.8 Å². The minimum Gasteiger partial charge on any atom is -0.362 e. The van der Waals surface area contributed by atoms with Crippen molar-refractivity contribution in [3.63, 3.8) is 0 Å². The van der Waals surface area contributed by atoms with Crippen LogP contribution >= 0.6 is 0 Å². The summed E-state index contributed by atoms with van der Waals surface area (Å²) in [5, 5.41) is 4.26. The minimum absolute atomic E-state index is 0.0449. The van der Waals surface area contributed by atoms with Gasteiger partial charge in [-0.3, -0.25) is 4.79 Å². The van der Waals surface area contributed by atoms with Crippen molar-refractivity contribution >= 4 is 28.7 Å². The summed E-state index contributed by atoms with van der Waals surface area (Å²) in [6, 6.07) is 18.3. The molecule has 1 amide bonds. The number of nitrogens with zero attached hydrogens (tertiary/aromatic N) is 3. The molecule has 1 saturated carbocycles. The first-order valence-electron chi connectivity index (χ1n) is 12.9. The molecule has 1 aliphatic carbocycles. The number of nitrogens with one attached hydrogen (secondary N) is 1. The van der Waals surface area contributed by atoms with Gasteiger partial charge in [-0.05, 0) is 61.8 Å². The zero-order chi connectivity index (χ0) is 24.6. The zero-order valence-electron chi connectivity index (χ0n) is 21.3. The molecule has 3 aromatic rings. The first-order chi connectivity index (χ1) is 17.0. The van der Waals surface area contributed by atoms with Crippen molar-refractivity contribution in [1.82, 2.24) is 15.3 Å². The summed E-state index contributed by atoms with van der Waals surface area (Å²) < 4.78 is 0. The van der Waals surface area contributed by atoms with Crippen LogP contribution in [0.4, 0.5) is 5.82 Å². The van der Waals surface area contributed by atoms with Crippen LogP contribution in [-0.2, 0) is 11.2 Å². The molecule has 1 aromatic heterocycles. The number of hydrogen-bond donors (Lipinski definition) is 1.